The van der Waals surface area contributed by atoms with Crippen LogP contribution < -0.4 is 15.4 Å². The predicted molar refractivity (Wildman–Crippen MR) is 74.2 cm³/mol. The molecule has 1 fully saturated rings. The smallest absolute Gasteiger partial charge is 0.123 e. The molecule has 1 aliphatic rings. The van der Waals surface area contributed by atoms with E-state index >= 15 is 0 Å². The summed E-state index contributed by atoms with van der Waals surface area (Å²) < 4.78 is 11.1. The molecular formula is C14H22N2O2. The molecule has 2 rings (SSSR count). The van der Waals surface area contributed by atoms with Crippen molar-refractivity contribution in [3.05, 3.63) is 18.2 Å². The second-order valence-corrected chi connectivity index (χ2v) is 5.06. The number of anilines is 2. The highest BCUT2D eigenvalue weighted by atomic mass is 16.5. The maximum absolute atomic E-state index is 5.93. The summed E-state index contributed by atoms with van der Waals surface area (Å²) in [5.41, 5.74) is 7.75. The lowest BCUT2D eigenvalue weighted by molar-refractivity contribution is 0.193. The normalized spacial score (nSPS) is 19.2. The molecule has 4 nitrogen and oxygen atoms in total. The number of ether oxygens (including phenoxy) is 2. The van der Waals surface area contributed by atoms with Crippen LogP contribution in [0.25, 0.3) is 0 Å². The molecule has 0 saturated carbocycles. The lowest BCUT2D eigenvalue weighted by Crippen LogP contribution is -2.31. The van der Waals surface area contributed by atoms with E-state index in [0.717, 1.165) is 36.8 Å². The Labute approximate surface area is 109 Å². The minimum Gasteiger partial charge on any atom is -0.491 e. The summed E-state index contributed by atoms with van der Waals surface area (Å²) in [6.45, 7) is 5.65. The van der Waals surface area contributed by atoms with Gasteiger partial charge in [0.25, 0.3) is 0 Å². The fourth-order valence-corrected chi connectivity index (χ4v) is 2.19. The highest BCUT2D eigenvalue weighted by Crippen LogP contribution is 2.28. The summed E-state index contributed by atoms with van der Waals surface area (Å²) in [6.07, 6.45) is 1.21. The van der Waals surface area contributed by atoms with Crippen molar-refractivity contribution in [2.75, 3.05) is 30.9 Å². The van der Waals surface area contributed by atoms with Crippen LogP contribution in [-0.2, 0) is 4.74 Å². The van der Waals surface area contributed by atoms with Gasteiger partial charge in [0.1, 0.15) is 5.75 Å². The Balaban J connectivity index is 2.18. The van der Waals surface area contributed by atoms with Crippen LogP contribution in [0.3, 0.4) is 0 Å². The van der Waals surface area contributed by atoms with E-state index in [1.54, 1.807) is 0 Å². The molecule has 1 atom stereocenters. The van der Waals surface area contributed by atoms with Crippen molar-refractivity contribution in [3.63, 3.8) is 0 Å². The van der Waals surface area contributed by atoms with Crippen molar-refractivity contribution in [1.29, 1.82) is 0 Å². The summed E-state index contributed by atoms with van der Waals surface area (Å²) in [5.74, 6) is 0.825. The van der Waals surface area contributed by atoms with Crippen molar-refractivity contribution >= 4 is 11.4 Å². The first-order valence-corrected chi connectivity index (χ1v) is 6.44. The quantitative estimate of drug-likeness (QED) is 0.833. The van der Waals surface area contributed by atoms with Gasteiger partial charge in [0, 0.05) is 37.2 Å². The zero-order valence-corrected chi connectivity index (χ0v) is 11.3. The summed E-state index contributed by atoms with van der Waals surface area (Å²) in [6, 6.07) is 6.31. The van der Waals surface area contributed by atoms with E-state index in [1.807, 2.05) is 32.0 Å². The third-order valence-electron chi connectivity index (χ3n) is 3.15. The minimum absolute atomic E-state index is 0.153. The maximum Gasteiger partial charge on any atom is 0.123 e. The molecule has 0 bridgehead atoms. The topological polar surface area (TPSA) is 47.7 Å². The van der Waals surface area contributed by atoms with Gasteiger partial charge in [-0.05, 0) is 26.3 Å². The van der Waals surface area contributed by atoms with Crippen LogP contribution in [0.5, 0.6) is 5.75 Å². The molecule has 1 aromatic rings. The van der Waals surface area contributed by atoms with Crippen molar-refractivity contribution in [2.45, 2.75) is 32.4 Å². The molecule has 4 heteroatoms. The van der Waals surface area contributed by atoms with E-state index in [9.17, 15) is 0 Å². The third-order valence-corrected chi connectivity index (χ3v) is 3.15. The van der Waals surface area contributed by atoms with E-state index in [0.29, 0.717) is 6.04 Å². The Morgan fingerprint density at radius 3 is 2.78 bits per heavy atom. The molecule has 0 aromatic heterocycles. The van der Waals surface area contributed by atoms with Crippen LogP contribution in [-0.4, -0.2) is 32.4 Å². The summed E-state index contributed by atoms with van der Waals surface area (Å²) in [4.78, 5) is 2.22. The first-order chi connectivity index (χ1) is 8.56. The molecule has 0 radical (unpaired) electrons. The third kappa shape index (κ3) is 3.07. The summed E-state index contributed by atoms with van der Waals surface area (Å²) in [7, 11) is 2.08. The van der Waals surface area contributed by atoms with Gasteiger partial charge in [0.05, 0.1) is 18.8 Å². The van der Waals surface area contributed by atoms with Gasteiger partial charge in [0.15, 0.2) is 0 Å². The fraction of sp³-hybridized carbons (Fsp3) is 0.571. The molecule has 100 valence electrons. The number of nitrogens with two attached hydrogens (primary N) is 1. The predicted octanol–water partition coefficient (Wildman–Crippen LogP) is 2.28. The number of rotatable bonds is 4. The standard InChI is InChI=1S/C14H22N2O2/c1-10(2)18-14-7-11(15)6-13(8-14)16(3)12-4-5-17-9-12/h6-8,10,12H,4-5,9,15H2,1-3H3. The van der Waals surface area contributed by atoms with Gasteiger partial charge in [0.2, 0.25) is 0 Å². The Kier molecular flexibility index (Phi) is 3.97. The Morgan fingerprint density at radius 2 is 2.17 bits per heavy atom. The highest BCUT2D eigenvalue weighted by Gasteiger charge is 2.21. The van der Waals surface area contributed by atoms with Crippen LogP contribution >= 0.6 is 0 Å². The molecule has 1 aliphatic heterocycles. The van der Waals surface area contributed by atoms with E-state index in [4.69, 9.17) is 15.2 Å². The zero-order chi connectivity index (χ0) is 13.1. The minimum atomic E-state index is 0.153. The Bertz CT molecular complexity index is 401. The molecule has 1 saturated heterocycles. The monoisotopic (exact) mass is 250 g/mol. The molecule has 0 aliphatic carbocycles. The number of nitrogens with zero attached hydrogens (tertiary/aromatic N) is 1. The van der Waals surface area contributed by atoms with E-state index < -0.39 is 0 Å². The number of hydrogen-bond donors (Lipinski definition) is 1. The second kappa shape index (κ2) is 5.48. The van der Waals surface area contributed by atoms with Gasteiger partial charge in [-0.15, -0.1) is 0 Å². The number of hydrogen-bond acceptors (Lipinski definition) is 4. The van der Waals surface area contributed by atoms with E-state index in [1.165, 1.54) is 0 Å². The number of likely N-dealkylation sites (N-methyl/N-ethyl adjacent to an activating group) is 1. The van der Waals surface area contributed by atoms with Gasteiger partial charge in [-0.2, -0.15) is 0 Å². The van der Waals surface area contributed by atoms with Gasteiger partial charge in [-0.1, -0.05) is 0 Å². The van der Waals surface area contributed by atoms with Gasteiger partial charge >= 0.3 is 0 Å². The molecule has 2 N–H and O–H groups in total. The van der Waals surface area contributed by atoms with Crippen molar-refractivity contribution in [3.8, 4) is 5.75 Å². The van der Waals surface area contributed by atoms with Crippen molar-refractivity contribution in [1.82, 2.24) is 0 Å². The average Bonchev–Trinajstić information content (AvgIpc) is 2.79. The highest BCUT2D eigenvalue weighted by molar-refractivity contribution is 5.60. The summed E-state index contributed by atoms with van der Waals surface area (Å²) >= 11 is 0. The number of nitrogen functional groups attached to an aromatic ring is 1. The molecular weight excluding hydrogens is 228 g/mol. The van der Waals surface area contributed by atoms with E-state index in [2.05, 4.69) is 11.9 Å². The second-order valence-electron chi connectivity index (χ2n) is 5.06. The largest absolute Gasteiger partial charge is 0.491 e. The van der Waals surface area contributed by atoms with Crippen LogP contribution in [0, 0.1) is 0 Å². The van der Waals surface area contributed by atoms with Crippen molar-refractivity contribution < 1.29 is 9.47 Å². The van der Waals surface area contributed by atoms with Crippen molar-refractivity contribution in [2.24, 2.45) is 0 Å². The zero-order valence-electron chi connectivity index (χ0n) is 11.3. The van der Waals surface area contributed by atoms with Gasteiger partial charge in [-0.25, -0.2) is 0 Å². The first-order valence-electron chi connectivity index (χ1n) is 6.44. The first kappa shape index (κ1) is 13.0. The molecule has 1 heterocycles. The SMILES string of the molecule is CC(C)Oc1cc(N)cc(N(C)C2CCOC2)c1. The van der Waals surface area contributed by atoms with Gasteiger partial charge in [-0.3, -0.25) is 0 Å². The number of benzene rings is 1. The van der Waals surface area contributed by atoms with Gasteiger partial charge < -0.3 is 20.1 Å². The molecule has 18 heavy (non-hydrogen) atoms. The average molecular weight is 250 g/mol. The van der Waals surface area contributed by atoms with Crippen LogP contribution in [0.4, 0.5) is 11.4 Å². The van der Waals surface area contributed by atoms with E-state index in [-0.39, 0.29) is 6.10 Å². The molecule has 0 amide bonds. The Morgan fingerprint density at radius 1 is 1.39 bits per heavy atom. The Hall–Kier alpha value is -1.42. The lowest BCUT2D eigenvalue weighted by atomic mass is 10.2. The summed E-state index contributed by atoms with van der Waals surface area (Å²) in [5, 5.41) is 0. The maximum atomic E-state index is 5.93. The fourth-order valence-electron chi connectivity index (χ4n) is 2.19. The van der Waals surface area contributed by atoms with Crippen LogP contribution in [0.2, 0.25) is 0 Å². The van der Waals surface area contributed by atoms with Crippen LogP contribution in [0.15, 0.2) is 18.2 Å². The molecule has 1 unspecified atom stereocenters. The molecule has 1 aromatic carbocycles. The van der Waals surface area contributed by atoms with Crippen LogP contribution in [0.1, 0.15) is 20.3 Å². The molecule has 0 spiro atoms. The lowest BCUT2D eigenvalue weighted by Gasteiger charge is -2.26.